The van der Waals surface area contributed by atoms with E-state index in [2.05, 4.69) is 10.3 Å². The highest BCUT2D eigenvalue weighted by molar-refractivity contribution is 7.15. The second-order valence-electron chi connectivity index (χ2n) is 6.09. The van der Waals surface area contributed by atoms with Crippen molar-refractivity contribution < 1.29 is 14.3 Å². The first-order valence-corrected chi connectivity index (χ1v) is 9.21. The summed E-state index contributed by atoms with van der Waals surface area (Å²) in [5.41, 5.74) is 2.04. The zero-order valence-corrected chi connectivity index (χ0v) is 15.1. The number of methoxy groups -OCH3 is 1. The monoisotopic (exact) mass is 370 g/mol. The smallest absolute Gasteiger partial charge is 0.230 e. The molecule has 0 atom stereocenters. The third-order valence-corrected chi connectivity index (χ3v) is 5.08. The van der Waals surface area contributed by atoms with Crippen molar-refractivity contribution in [3.8, 4) is 5.75 Å². The summed E-state index contributed by atoms with van der Waals surface area (Å²) < 4.78 is 7.27. The zero-order valence-electron chi connectivity index (χ0n) is 14.3. The van der Waals surface area contributed by atoms with E-state index in [0.29, 0.717) is 30.1 Å². The predicted octanol–water partition coefficient (Wildman–Crippen LogP) is 2.71. The number of amides is 2. The van der Waals surface area contributed by atoms with Crippen LogP contribution >= 0.6 is 11.3 Å². The fraction of sp³-hybridized carbons (Fsp3) is 0.278. The van der Waals surface area contributed by atoms with Gasteiger partial charge in [0.05, 0.1) is 24.9 Å². The molecule has 1 N–H and O–H groups in total. The Morgan fingerprint density at radius 1 is 1.42 bits per heavy atom. The van der Waals surface area contributed by atoms with E-state index < -0.39 is 0 Å². The first-order valence-electron chi connectivity index (χ1n) is 8.33. The van der Waals surface area contributed by atoms with E-state index in [1.807, 2.05) is 22.2 Å². The van der Waals surface area contributed by atoms with Crippen molar-refractivity contribution in [3.05, 3.63) is 41.7 Å². The number of hydrogen-bond acceptors (Lipinski definition) is 5. The van der Waals surface area contributed by atoms with Gasteiger partial charge in [0.25, 0.3) is 0 Å². The Morgan fingerprint density at radius 3 is 3.04 bits per heavy atom. The summed E-state index contributed by atoms with van der Waals surface area (Å²) in [5, 5.41) is 4.83. The first kappa shape index (κ1) is 16.6. The summed E-state index contributed by atoms with van der Waals surface area (Å²) in [4.78, 5) is 31.4. The number of ether oxygens (including phenoxy) is 1. The van der Waals surface area contributed by atoms with Gasteiger partial charge in [0.15, 0.2) is 4.96 Å². The molecule has 0 aliphatic carbocycles. The summed E-state index contributed by atoms with van der Waals surface area (Å²) in [6.45, 7) is 0.665. The fourth-order valence-corrected chi connectivity index (χ4v) is 3.83. The molecule has 1 aliphatic rings. The number of aromatic nitrogens is 2. The number of fused-ring (bicyclic) bond motifs is 1. The molecule has 0 unspecified atom stereocenters. The Hall–Kier alpha value is -2.87. The summed E-state index contributed by atoms with van der Waals surface area (Å²) in [5.74, 6) is 0.539. The quantitative estimate of drug-likeness (QED) is 0.749. The molecular formula is C18H18N4O3S. The number of carbonyl (C=O) groups excluding carboxylic acids is 2. The molecule has 0 saturated carbocycles. The molecule has 0 bridgehead atoms. The molecule has 2 amide bonds. The molecule has 0 spiro atoms. The standard InChI is InChI=1S/C18H18N4O3S/c1-25-15-5-4-12(9-14(15)22-6-2-3-17(22)24)19-16(23)10-13-11-21-7-8-26-18(21)20-13/h4-5,7-9,11H,2-3,6,10H2,1H3,(H,19,23). The summed E-state index contributed by atoms with van der Waals surface area (Å²) >= 11 is 1.53. The summed E-state index contributed by atoms with van der Waals surface area (Å²) in [7, 11) is 1.57. The van der Waals surface area contributed by atoms with Gasteiger partial charge in [-0.2, -0.15) is 0 Å². The number of benzene rings is 1. The highest BCUT2D eigenvalue weighted by Gasteiger charge is 2.25. The molecule has 0 radical (unpaired) electrons. The Morgan fingerprint density at radius 2 is 2.31 bits per heavy atom. The van der Waals surface area contributed by atoms with Crippen LogP contribution < -0.4 is 15.0 Å². The lowest BCUT2D eigenvalue weighted by atomic mass is 10.2. The van der Waals surface area contributed by atoms with Crippen molar-refractivity contribution in [3.63, 3.8) is 0 Å². The topological polar surface area (TPSA) is 75.9 Å². The van der Waals surface area contributed by atoms with Crippen molar-refractivity contribution in [2.45, 2.75) is 19.3 Å². The van der Waals surface area contributed by atoms with Crippen LogP contribution in [0, 0.1) is 0 Å². The van der Waals surface area contributed by atoms with Gasteiger partial charge in [-0.25, -0.2) is 4.98 Å². The molecule has 4 rings (SSSR count). The minimum absolute atomic E-state index is 0.0739. The van der Waals surface area contributed by atoms with E-state index in [1.165, 1.54) is 11.3 Å². The number of nitrogens with one attached hydrogen (secondary N) is 1. The largest absolute Gasteiger partial charge is 0.495 e. The third-order valence-electron chi connectivity index (χ3n) is 4.31. The lowest BCUT2D eigenvalue weighted by Gasteiger charge is -2.20. The highest BCUT2D eigenvalue weighted by Crippen LogP contribution is 2.34. The van der Waals surface area contributed by atoms with Gasteiger partial charge in [-0.15, -0.1) is 11.3 Å². The normalized spacial score (nSPS) is 14.2. The van der Waals surface area contributed by atoms with Crippen molar-refractivity contribution in [1.82, 2.24) is 9.38 Å². The minimum atomic E-state index is -0.153. The molecule has 1 aromatic carbocycles. The van der Waals surface area contributed by atoms with Gasteiger partial charge in [-0.05, 0) is 24.6 Å². The fourth-order valence-electron chi connectivity index (χ4n) is 3.11. The van der Waals surface area contributed by atoms with Crippen LogP contribution in [0.2, 0.25) is 0 Å². The van der Waals surface area contributed by atoms with Gasteiger partial charge >= 0.3 is 0 Å². The molecule has 7 nitrogen and oxygen atoms in total. The maximum atomic E-state index is 12.4. The SMILES string of the molecule is COc1ccc(NC(=O)Cc2cn3ccsc3n2)cc1N1CCCC1=O. The van der Waals surface area contributed by atoms with E-state index in [-0.39, 0.29) is 18.2 Å². The van der Waals surface area contributed by atoms with Gasteiger partial charge in [-0.1, -0.05) is 0 Å². The molecule has 1 aliphatic heterocycles. The molecule has 8 heteroatoms. The minimum Gasteiger partial charge on any atom is -0.495 e. The average Bonchev–Trinajstić information content (AvgIpc) is 3.31. The number of hydrogen-bond donors (Lipinski definition) is 1. The maximum absolute atomic E-state index is 12.4. The molecule has 3 aromatic rings. The summed E-state index contributed by atoms with van der Waals surface area (Å²) in [6, 6.07) is 5.32. The van der Waals surface area contributed by atoms with Crippen molar-refractivity contribution in [1.29, 1.82) is 0 Å². The van der Waals surface area contributed by atoms with Gasteiger partial charge in [0, 0.05) is 36.4 Å². The van der Waals surface area contributed by atoms with Gasteiger partial charge in [-0.3, -0.25) is 14.0 Å². The number of imidazole rings is 1. The molecule has 134 valence electrons. The van der Waals surface area contributed by atoms with Gasteiger partial charge in [0.2, 0.25) is 11.8 Å². The summed E-state index contributed by atoms with van der Waals surface area (Å²) in [6.07, 6.45) is 5.33. The van der Waals surface area contributed by atoms with E-state index in [1.54, 1.807) is 30.2 Å². The van der Waals surface area contributed by atoms with Crippen molar-refractivity contribution in [2.24, 2.45) is 0 Å². The first-order chi connectivity index (χ1) is 12.6. The molecular weight excluding hydrogens is 352 g/mol. The van der Waals surface area contributed by atoms with E-state index >= 15 is 0 Å². The Kier molecular flexibility index (Phi) is 4.34. The number of carbonyl (C=O) groups is 2. The zero-order chi connectivity index (χ0) is 18.1. The van der Waals surface area contributed by atoms with Crippen LogP contribution in [0.15, 0.2) is 36.0 Å². The Bertz CT molecular complexity index is 949. The van der Waals surface area contributed by atoms with Crippen LogP contribution in [0.5, 0.6) is 5.75 Å². The average molecular weight is 370 g/mol. The number of anilines is 2. The molecule has 2 aromatic heterocycles. The van der Waals surface area contributed by atoms with Crippen LogP contribution in [0.1, 0.15) is 18.5 Å². The van der Waals surface area contributed by atoms with Crippen molar-refractivity contribution in [2.75, 3.05) is 23.9 Å². The second kappa shape index (κ2) is 6.80. The van der Waals surface area contributed by atoms with Crippen molar-refractivity contribution >= 4 is 39.5 Å². The third kappa shape index (κ3) is 3.15. The predicted molar refractivity (Wildman–Crippen MR) is 100.0 cm³/mol. The van der Waals surface area contributed by atoms with E-state index in [4.69, 9.17) is 4.74 Å². The van der Waals surface area contributed by atoms with Crippen LogP contribution in [-0.4, -0.2) is 34.9 Å². The lowest BCUT2D eigenvalue weighted by Crippen LogP contribution is -2.24. The molecule has 26 heavy (non-hydrogen) atoms. The number of nitrogens with zero attached hydrogens (tertiary/aromatic N) is 3. The Labute approximate surface area is 154 Å². The highest BCUT2D eigenvalue weighted by atomic mass is 32.1. The second-order valence-corrected chi connectivity index (χ2v) is 6.96. The van der Waals surface area contributed by atoms with Crippen LogP contribution in [0.3, 0.4) is 0 Å². The van der Waals surface area contributed by atoms with Crippen LogP contribution in [0.4, 0.5) is 11.4 Å². The van der Waals surface area contributed by atoms with Crippen LogP contribution in [-0.2, 0) is 16.0 Å². The molecule has 1 fully saturated rings. The lowest BCUT2D eigenvalue weighted by molar-refractivity contribution is -0.117. The number of rotatable bonds is 5. The van der Waals surface area contributed by atoms with Crippen LogP contribution in [0.25, 0.3) is 4.96 Å². The molecule has 3 heterocycles. The Balaban J connectivity index is 1.51. The van der Waals surface area contributed by atoms with E-state index in [0.717, 1.165) is 17.1 Å². The maximum Gasteiger partial charge on any atom is 0.230 e. The van der Waals surface area contributed by atoms with Gasteiger partial charge < -0.3 is 15.0 Å². The number of thiazole rings is 1. The van der Waals surface area contributed by atoms with E-state index in [9.17, 15) is 9.59 Å². The van der Waals surface area contributed by atoms with Gasteiger partial charge in [0.1, 0.15) is 5.75 Å². The molecule has 1 saturated heterocycles.